The molecule has 2 aromatic rings. The van der Waals surface area contributed by atoms with Gasteiger partial charge in [-0.3, -0.25) is 4.79 Å². The molecule has 1 saturated heterocycles. The standard InChI is InChI=1S/C17H18N2O/c20-14-17-18(15-8-3-1-4-9-15)12-7-13-19(17)16-10-5-2-6-11-16/h1-6,8-11,14,17H,7,12-13H2. The molecule has 0 spiro atoms. The number of anilines is 2. The summed E-state index contributed by atoms with van der Waals surface area (Å²) in [5, 5.41) is 0. The highest BCUT2D eigenvalue weighted by atomic mass is 16.1. The van der Waals surface area contributed by atoms with Gasteiger partial charge in [0, 0.05) is 24.5 Å². The van der Waals surface area contributed by atoms with Crippen molar-refractivity contribution in [2.45, 2.75) is 12.6 Å². The first-order chi connectivity index (χ1) is 9.90. The van der Waals surface area contributed by atoms with Crippen LogP contribution in [-0.2, 0) is 4.79 Å². The van der Waals surface area contributed by atoms with Crippen molar-refractivity contribution in [3.63, 3.8) is 0 Å². The highest BCUT2D eigenvalue weighted by molar-refractivity contribution is 5.72. The molecule has 0 aliphatic carbocycles. The Morgan fingerprint density at radius 1 is 0.800 bits per heavy atom. The van der Waals surface area contributed by atoms with Gasteiger partial charge in [0.1, 0.15) is 0 Å². The summed E-state index contributed by atoms with van der Waals surface area (Å²) in [4.78, 5) is 16.0. The van der Waals surface area contributed by atoms with Gasteiger partial charge in [-0.25, -0.2) is 0 Å². The SMILES string of the molecule is O=CC1N(c2ccccc2)CCCN1c1ccccc1. The maximum atomic E-state index is 11.6. The summed E-state index contributed by atoms with van der Waals surface area (Å²) in [5.41, 5.74) is 2.20. The lowest BCUT2D eigenvalue weighted by Gasteiger charge is -2.43. The Bertz CT molecular complexity index is 508. The molecule has 0 atom stereocenters. The number of benzene rings is 2. The van der Waals surface area contributed by atoms with E-state index in [1.807, 2.05) is 36.4 Å². The fourth-order valence-electron chi connectivity index (χ4n) is 2.79. The Morgan fingerprint density at radius 2 is 1.25 bits per heavy atom. The van der Waals surface area contributed by atoms with Gasteiger partial charge in [0.2, 0.25) is 0 Å². The van der Waals surface area contributed by atoms with Crippen LogP contribution in [0, 0.1) is 0 Å². The fraction of sp³-hybridized carbons (Fsp3) is 0.235. The van der Waals surface area contributed by atoms with Gasteiger partial charge in [0.05, 0.1) is 0 Å². The molecule has 1 heterocycles. The average molecular weight is 266 g/mol. The first-order valence-corrected chi connectivity index (χ1v) is 6.99. The highest BCUT2D eigenvalue weighted by Gasteiger charge is 2.29. The quantitative estimate of drug-likeness (QED) is 0.798. The predicted octanol–water partition coefficient (Wildman–Crippen LogP) is 2.93. The molecule has 3 rings (SSSR count). The molecule has 0 amide bonds. The molecule has 0 unspecified atom stereocenters. The first kappa shape index (κ1) is 12.7. The second-order valence-corrected chi connectivity index (χ2v) is 4.96. The van der Waals surface area contributed by atoms with E-state index in [0.29, 0.717) is 0 Å². The van der Waals surface area contributed by atoms with Crippen molar-refractivity contribution in [2.75, 3.05) is 22.9 Å². The Kier molecular flexibility index (Phi) is 3.68. The largest absolute Gasteiger partial charge is 0.345 e. The molecular formula is C17H18N2O. The molecule has 0 N–H and O–H groups in total. The van der Waals surface area contributed by atoms with Gasteiger partial charge in [-0.05, 0) is 30.7 Å². The summed E-state index contributed by atoms with van der Waals surface area (Å²) in [6, 6.07) is 20.3. The van der Waals surface area contributed by atoms with E-state index in [4.69, 9.17) is 0 Å². The number of aldehydes is 1. The van der Waals surface area contributed by atoms with Crippen LogP contribution in [0.25, 0.3) is 0 Å². The van der Waals surface area contributed by atoms with E-state index < -0.39 is 0 Å². The van der Waals surface area contributed by atoms with E-state index in [1.165, 1.54) is 0 Å². The Morgan fingerprint density at radius 3 is 1.65 bits per heavy atom. The summed E-state index contributed by atoms with van der Waals surface area (Å²) in [6.45, 7) is 1.83. The molecule has 102 valence electrons. The molecule has 1 aliphatic rings. The molecule has 3 heteroatoms. The number of rotatable bonds is 3. The number of carbonyl (C=O) groups excluding carboxylic acids is 1. The molecule has 2 aromatic carbocycles. The summed E-state index contributed by atoms with van der Waals surface area (Å²) < 4.78 is 0. The lowest BCUT2D eigenvalue weighted by molar-refractivity contribution is -0.109. The highest BCUT2D eigenvalue weighted by Crippen LogP contribution is 2.26. The second-order valence-electron chi connectivity index (χ2n) is 4.96. The van der Waals surface area contributed by atoms with Gasteiger partial charge >= 0.3 is 0 Å². The van der Waals surface area contributed by atoms with E-state index in [9.17, 15) is 4.79 Å². The molecule has 0 aromatic heterocycles. The zero-order chi connectivity index (χ0) is 13.8. The van der Waals surface area contributed by atoms with Crippen molar-refractivity contribution in [3.05, 3.63) is 60.7 Å². The predicted molar refractivity (Wildman–Crippen MR) is 82.0 cm³/mol. The maximum absolute atomic E-state index is 11.6. The third-order valence-electron chi connectivity index (χ3n) is 3.73. The molecule has 20 heavy (non-hydrogen) atoms. The molecule has 1 aliphatic heterocycles. The van der Waals surface area contributed by atoms with Crippen LogP contribution in [0.15, 0.2) is 60.7 Å². The van der Waals surface area contributed by atoms with Crippen molar-refractivity contribution in [1.82, 2.24) is 0 Å². The summed E-state index contributed by atoms with van der Waals surface area (Å²) >= 11 is 0. The zero-order valence-corrected chi connectivity index (χ0v) is 11.4. The monoisotopic (exact) mass is 266 g/mol. The van der Waals surface area contributed by atoms with Crippen LogP contribution in [0.1, 0.15) is 6.42 Å². The van der Waals surface area contributed by atoms with Crippen molar-refractivity contribution in [3.8, 4) is 0 Å². The molecule has 1 fully saturated rings. The van der Waals surface area contributed by atoms with Gasteiger partial charge in [0.15, 0.2) is 12.5 Å². The van der Waals surface area contributed by atoms with Crippen LogP contribution in [0.5, 0.6) is 0 Å². The normalized spacial score (nSPS) is 16.2. The van der Waals surface area contributed by atoms with Crippen molar-refractivity contribution in [2.24, 2.45) is 0 Å². The minimum absolute atomic E-state index is 0.228. The Hall–Kier alpha value is -2.29. The Labute approximate surface area is 119 Å². The lowest BCUT2D eigenvalue weighted by atomic mass is 10.1. The number of hydrogen-bond acceptors (Lipinski definition) is 3. The Balaban J connectivity index is 1.92. The minimum Gasteiger partial charge on any atom is -0.345 e. The van der Waals surface area contributed by atoms with Crippen molar-refractivity contribution >= 4 is 17.7 Å². The molecule has 0 saturated carbocycles. The first-order valence-electron chi connectivity index (χ1n) is 6.99. The van der Waals surface area contributed by atoms with Gasteiger partial charge in [0.25, 0.3) is 0 Å². The van der Waals surface area contributed by atoms with Crippen molar-refractivity contribution in [1.29, 1.82) is 0 Å². The van der Waals surface area contributed by atoms with Crippen LogP contribution >= 0.6 is 0 Å². The van der Waals surface area contributed by atoms with E-state index in [-0.39, 0.29) is 6.17 Å². The molecule has 3 nitrogen and oxygen atoms in total. The number of para-hydroxylation sites is 2. The van der Waals surface area contributed by atoms with Gasteiger partial charge in [-0.2, -0.15) is 0 Å². The summed E-state index contributed by atoms with van der Waals surface area (Å²) in [5.74, 6) is 0. The van der Waals surface area contributed by atoms with Crippen LogP contribution in [0.2, 0.25) is 0 Å². The maximum Gasteiger partial charge on any atom is 0.162 e. The van der Waals surface area contributed by atoms with E-state index in [2.05, 4.69) is 34.1 Å². The third-order valence-corrected chi connectivity index (χ3v) is 3.73. The van der Waals surface area contributed by atoms with E-state index in [1.54, 1.807) is 0 Å². The topological polar surface area (TPSA) is 23.6 Å². The summed E-state index contributed by atoms with van der Waals surface area (Å²) in [7, 11) is 0. The van der Waals surface area contributed by atoms with Crippen LogP contribution in [-0.4, -0.2) is 25.5 Å². The van der Waals surface area contributed by atoms with Crippen LogP contribution in [0.3, 0.4) is 0 Å². The number of nitrogens with zero attached hydrogens (tertiary/aromatic N) is 2. The second kappa shape index (κ2) is 5.78. The number of carbonyl (C=O) groups is 1. The van der Waals surface area contributed by atoms with Gasteiger partial charge in [-0.15, -0.1) is 0 Å². The van der Waals surface area contributed by atoms with Crippen molar-refractivity contribution < 1.29 is 4.79 Å². The fourth-order valence-corrected chi connectivity index (χ4v) is 2.79. The third kappa shape index (κ3) is 2.39. The van der Waals surface area contributed by atoms with Gasteiger partial charge < -0.3 is 9.80 Å². The van der Waals surface area contributed by atoms with E-state index >= 15 is 0 Å². The van der Waals surface area contributed by atoms with E-state index in [0.717, 1.165) is 37.2 Å². The lowest BCUT2D eigenvalue weighted by Crippen LogP contribution is -2.55. The summed E-state index contributed by atoms with van der Waals surface area (Å²) in [6.07, 6.45) is 1.86. The molecule has 0 radical (unpaired) electrons. The minimum atomic E-state index is -0.228. The smallest absolute Gasteiger partial charge is 0.162 e. The van der Waals surface area contributed by atoms with Crippen LogP contribution in [0.4, 0.5) is 11.4 Å². The molecular weight excluding hydrogens is 248 g/mol. The number of hydrogen-bond donors (Lipinski definition) is 0. The van der Waals surface area contributed by atoms with Gasteiger partial charge in [-0.1, -0.05) is 36.4 Å². The average Bonchev–Trinajstić information content (AvgIpc) is 2.55. The van der Waals surface area contributed by atoms with Crippen LogP contribution < -0.4 is 9.80 Å². The molecule has 0 bridgehead atoms. The zero-order valence-electron chi connectivity index (χ0n) is 11.4.